The minimum absolute atomic E-state index is 0.0823. The molecule has 1 fully saturated rings. The Morgan fingerprint density at radius 2 is 2.21 bits per heavy atom. The quantitative estimate of drug-likeness (QED) is 0.541. The first-order valence-corrected chi connectivity index (χ1v) is 10.6. The molecule has 4 rings (SSSR count). The zero-order chi connectivity index (χ0) is 19.7. The minimum Gasteiger partial charge on any atom is -0.299 e. The van der Waals surface area contributed by atoms with E-state index in [9.17, 15) is 14.4 Å². The Kier molecular flexibility index (Phi) is 5.24. The van der Waals surface area contributed by atoms with Crippen LogP contribution in [0.15, 0.2) is 34.8 Å². The fourth-order valence-corrected chi connectivity index (χ4v) is 4.62. The molecule has 2 aromatic heterocycles. The van der Waals surface area contributed by atoms with Crippen LogP contribution in [0.3, 0.4) is 0 Å². The molecule has 9 heteroatoms. The van der Waals surface area contributed by atoms with Crippen molar-refractivity contribution >= 4 is 28.9 Å². The molecular formula is C19H16FN5OS2. The molecular weight excluding hydrogens is 397 g/mol. The Labute approximate surface area is 169 Å². The number of rotatable bonds is 7. The number of carbonyl (C=O) groups is 1. The van der Waals surface area contributed by atoms with Gasteiger partial charge in [0.05, 0.1) is 17.4 Å². The average molecular weight is 414 g/mol. The van der Waals surface area contributed by atoms with Gasteiger partial charge in [0, 0.05) is 17.1 Å². The van der Waals surface area contributed by atoms with Crippen molar-refractivity contribution in [2.45, 2.75) is 36.9 Å². The van der Waals surface area contributed by atoms with Crippen LogP contribution in [0.4, 0.5) is 4.39 Å². The molecule has 1 aromatic carbocycles. The van der Waals surface area contributed by atoms with Crippen LogP contribution in [0, 0.1) is 24.1 Å². The second kappa shape index (κ2) is 7.81. The number of aryl methyl sites for hydroxylation is 1. The first kappa shape index (κ1) is 18.8. The van der Waals surface area contributed by atoms with Crippen molar-refractivity contribution in [2.24, 2.45) is 0 Å². The van der Waals surface area contributed by atoms with Gasteiger partial charge in [-0.15, -0.1) is 21.5 Å². The van der Waals surface area contributed by atoms with Crippen LogP contribution in [0.1, 0.15) is 35.5 Å². The number of benzene rings is 1. The largest absolute Gasteiger partial charge is 0.299 e. The summed E-state index contributed by atoms with van der Waals surface area (Å²) < 4.78 is 16.1. The van der Waals surface area contributed by atoms with Gasteiger partial charge in [-0.05, 0) is 31.9 Å². The number of hydrogen-bond acceptors (Lipinski definition) is 7. The van der Waals surface area contributed by atoms with E-state index < -0.39 is 5.92 Å². The summed E-state index contributed by atoms with van der Waals surface area (Å²) in [6, 6.07) is 8.73. The van der Waals surface area contributed by atoms with Crippen molar-refractivity contribution in [1.29, 1.82) is 5.26 Å². The van der Waals surface area contributed by atoms with E-state index in [1.807, 2.05) is 22.9 Å². The normalized spacial score (nSPS) is 14.6. The molecule has 1 atom stereocenters. The van der Waals surface area contributed by atoms with Crippen molar-refractivity contribution in [2.75, 3.05) is 5.75 Å². The molecule has 28 heavy (non-hydrogen) atoms. The number of ketones is 1. The van der Waals surface area contributed by atoms with E-state index in [4.69, 9.17) is 0 Å². The molecule has 0 bridgehead atoms. The van der Waals surface area contributed by atoms with Gasteiger partial charge < -0.3 is 0 Å². The molecule has 1 aliphatic rings. The zero-order valence-electron chi connectivity index (χ0n) is 15.0. The molecule has 0 N–H and O–H groups in total. The highest BCUT2D eigenvalue weighted by Gasteiger charge is 2.32. The number of halogens is 1. The van der Waals surface area contributed by atoms with Crippen molar-refractivity contribution in [3.63, 3.8) is 0 Å². The first-order valence-electron chi connectivity index (χ1n) is 8.75. The Morgan fingerprint density at radius 1 is 1.43 bits per heavy atom. The smallest absolute Gasteiger partial charge is 0.192 e. The summed E-state index contributed by atoms with van der Waals surface area (Å²) in [4.78, 5) is 16.8. The standard InChI is InChI=1S/C19H16FN5OS2/c1-11-9-27-18(22-11)14(8-21)16(26)10-28-19-24-23-17(25(19)12-6-7-12)13-4-2-3-5-15(13)20/h2-5,9,12,14H,6-7,10H2,1H3/t14-/m1/s1. The molecule has 0 radical (unpaired) electrons. The number of thiazole rings is 1. The van der Waals surface area contributed by atoms with Gasteiger partial charge in [-0.25, -0.2) is 9.37 Å². The summed E-state index contributed by atoms with van der Waals surface area (Å²) in [6.07, 6.45) is 1.94. The lowest BCUT2D eigenvalue weighted by atomic mass is 10.1. The van der Waals surface area contributed by atoms with Gasteiger partial charge in [-0.3, -0.25) is 9.36 Å². The predicted octanol–water partition coefficient (Wildman–Crippen LogP) is 4.15. The van der Waals surface area contributed by atoms with Crippen LogP contribution in [-0.2, 0) is 4.79 Å². The molecule has 1 saturated carbocycles. The van der Waals surface area contributed by atoms with Crippen molar-refractivity contribution < 1.29 is 9.18 Å². The molecule has 0 unspecified atom stereocenters. The van der Waals surface area contributed by atoms with E-state index in [2.05, 4.69) is 15.2 Å². The van der Waals surface area contributed by atoms with Gasteiger partial charge in [0.25, 0.3) is 0 Å². The highest BCUT2D eigenvalue weighted by molar-refractivity contribution is 7.99. The number of nitrogens with zero attached hydrogens (tertiary/aromatic N) is 5. The first-order chi connectivity index (χ1) is 13.6. The van der Waals surface area contributed by atoms with Gasteiger partial charge in [0.1, 0.15) is 10.8 Å². The van der Waals surface area contributed by atoms with Crippen LogP contribution in [0.2, 0.25) is 0 Å². The number of thioether (sulfide) groups is 1. The third kappa shape index (κ3) is 3.70. The maximum Gasteiger partial charge on any atom is 0.192 e. The van der Waals surface area contributed by atoms with E-state index >= 15 is 0 Å². The van der Waals surface area contributed by atoms with Crippen LogP contribution in [-0.4, -0.2) is 31.3 Å². The number of Topliss-reactive ketones (excluding diaryl/α,β-unsaturated/α-hetero) is 1. The number of carbonyl (C=O) groups excluding carboxylic acids is 1. The monoisotopic (exact) mass is 413 g/mol. The van der Waals surface area contributed by atoms with Gasteiger partial charge in [0.15, 0.2) is 22.7 Å². The fraction of sp³-hybridized carbons (Fsp3) is 0.316. The van der Waals surface area contributed by atoms with Gasteiger partial charge in [0.2, 0.25) is 0 Å². The van der Waals surface area contributed by atoms with Gasteiger partial charge in [-0.2, -0.15) is 5.26 Å². The third-order valence-corrected chi connectivity index (χ3v) is 6.36. The summed E-state index contributed by atoms with van der Waals surface area (Å²) in [6.45, 7) is 1.83. The van der Waals surface area contributed by atoms with E-state index in [1.165, 1.54) is 29.2 Å². The SMILES string of the molecule is Cc1csc([C@H](C#N)C(=O)CSc2nnc(-c3ccccc3F)n2C2CC2)n1. The number of aromatic nitrogens is 4. The van der Waals surface area contributed by atoms with Gasteiger partial charge >= 0.3 is 0 Å². The van der Waals surface area contributed by atoms with E-state index in [0.29, 0.717) is 21.6 Å². The van der Waals surface area contributed by atoms with Crippen molar-refractivity contribution in [3.8, 4) is 17.5 Å². The summed E-state index contributed by atoms with van der Waals surface area (Å²) in [5.41, 5.74) is 1.19. The third-order valence-electron chi connectivity index (χ3n) is 4.37. The van der Waals surface area contributed by atoms with Crippen molar-refractivity contribution in [1.82, 2.24) is 19.7 Å². The van der Waals surface area contributed by atoms with Crippen molar-refractivity contribution in [3.05, 3.63) is 46.2 Å². The topological polar surface area (TPSA) is 84.5 Å². The molecule has 0 aliphatic heterocycles. The lowest BCUT2D eigenvalue weighted by Gasteiger charge is -2.09. The van der Waals surface area contributed by atoms with Crippen LogP contribution in [0.5, 0.6) is 0 Å². The molecule has 142 valence electrons. The summed E-state index contributed by atoms with van der Waals surface area (Å²) in [5.74, 6) is -0.899. The molecule has 0 spiro atoms. The summed E-state index contributed by atoms with van der Waals surface area (Å²) in [7, 11) is 0. The van der Waals surface area contributed by atoms with E-state index in [-0.39, 0.29) is 23.4 Å². The predicted molar refractivity (Wildman–Crippen MR) is 105 cm³/mol. The van der Waals surface area contributed by atoms with Crippen LogP contribution in [0.25, 0.3) is 11.4 Å². The molecule has 2 heterocycles. The number of nitriles is 1. The highest BCUT2D eigenvalue weighted by Crippen LogP contribution is 2.41. The zero-order valence-corrected chi connectivity index (χ0v) is 16.6. The maximum atomic E-state index is 14.2. The fourth-order valence-electron chi connectivity index (χ4n) is 2.85. The lowest BCUT2D eigenvalue weighted by molar-refractivity contribution is -0.116. The Hall–Kier alpha value is -2.57. The molecule has 0 amide bonds. The Bertz CT molecular complexity index is 1070. The second-order valence-electron chi connectivity index (χ2n) is 6.53. The minimum atomic E-state index is -0.880. The average Bonchev–Trinajstić information content (AvgIpc) is 3.30. The molecule has 1 aliphatic carbocycles. The second-order valence-corrected chi connectivity index (χ2v) is 8.36. The molecule has 0 saturated heterocycles. The maximum absolute atomic E-state index is 14.2. The van der Waals surface area contributed by atoms with Crippen LogP contribution >= 0.6 is 23.1 Å². The van der Waals surface area contributed by atoms with Crippen LogP contribution < -0.4 is 0 Å². The highest BCUT2D eigenvalue weighted by atomic mass is 32.2. The van der Waals surface area contributed by atoms with E-state index in [0.717, 1.165) is 18.5 Å². The number of hydrogen-bond donors (Lipinski definition) is 0. The summed E-state index contributed by atoms with van der Waals surface area (Å²) in [5, 5.41) is 20.7. The molecule has 3 aromatic rings. The molecule has 6 nitrogen and oxygen atoms in total. The Balaban J connectivity index is 1.55. The summed E-state index contributed by atoms with van der Waals surface area (Å²) >= 11 is 2.55. The lowest BCUT2D eigenvalue weighted by Crippen LogP contribution is -2.14. The Morgan fingerprint density at radius 3 is 2.86 bits per heavy atom. The van der Waals surface area contributed by atoms with E-state index in [1.54, 1.807) is 18.2 Å². The van der Waals surface area contributed by atoms with Gasteiger partial charge in [-0.1, -0.05) is 23.9 Å².